The highest BCUT2D eigenvalue weighted by molar-refractivity contribution is 5.76. The highest BCUT2D eigenvalue weighted by Crippen LogP contribution is 2.61. The zero-order chi connectivity index (χ0) is 14.4. The molecule has 0 aromatic carbocycles. The van der Waals surface area contributed by atoms with Crippen molar-refractivity contribution in [2.45, 2.75) is 70.8 Å². The van der Waals surface area contributed by atoms with E-state index in [2.05, 4.69) is 5.32 Å². The molecule has 3 nitrogen and oxygen atoms in total. The number of carbonyl (C=O) groups is 1. The van der Waals surface area contributed by atoms with Crippen LogP contribution in [-0.2, 0) is 4.79 Å². The quantitative estimate of drug-likeness (QED) is 0.813. The zero-order valence-electron chi connectivity index (χ0n) is 13.0. The molecule has 114 valence electrons. The van der Waals surface area contributed by atoms with E-state index < -0.39 is 5.60 Å². The first-order valence-electron chi connectivity index (χ1n) is 8.39. The summed E-state index contributed by atoms with van der Waals surface area (Å²) >= 11 is 0. The highest BCUT2D eigenvalue weighted by Gasteiger charge is 2.51. The molecule has 4 rings (SSSR count). The molecule has 0 aromatic heterocycles. The first-order chi connectivity index (χ1) is 9.40. The van der Waals surface area contributed by atoms with E-state index in [4.69, 9.17) is 0 Å². The second-order valence-electron chi connectivity index (χ2n) is 8.22. The summed E-state index contributed by atoms with van der Waals surface area (Å²) in [5.41, 5.74) is -0.464. The first-order valence-corrected chi connectivity index (χ1v) is 8.39. The lowest BCUT2D eigenvalue weighted by molar-refractivity contribution is -0.130. The minimum Gasteiger partial charge on any atom is -0.388 e. The van der Waals surface area contributed by atoms with Crippen LogP contribution < -0.4 is 5.32 Å². The van der Waals surface area contributed by atoms with Gasteiger partial charge < -0.3 is 10.4 Å². The van der Waals surface area contributed by atoms with Crippen molar-refractivity contribution in [2.75, 3.05) is 6.54 Å². The number of aliphatic hydroxyl groups is 1. The molecular formula is C17H29NO2. The summed E-state index contributed by atoms with van der Waals surface area (Å²) in [6.45, 7) is 4.12. The summed E-state index contributed by atoms with van der Waals surface area (Å²) in [6, 6.07) is 0. The Balaban J connectivity index is 1.56. The first kappa shape index (κ1) is 14.4. The fourth-order valence-corrected chi connectivity index (χ4v) is 5.32. The third-order valence-electron chi connectivity index (χ3n) is 6.13. The molecule has 4 saturated carbocycles. The van der Waals surface area contributed by atoms with Crippen molar-refractivity contribution in [1.29, 1.82) is 0 Å². The summed E-state index contributed by atoms with van der Waals surface area (Å²) in [5, 5.41) is 12.9. The Morgan fingerprint density at radius 1 is 1.20 bits per heavy atom. The largest absolute Gasteiger partial charge is 0.388 e. The minimum absolute atomic E-state index is 0.153. The molecule has 1 atom stereocenters. The van der Waals surface area contributed by atoms with E-state index in [1.807, 2.05) is 6.92 Å². The van der Waals surface area contributed by atoms with Gasteiger partial charge in [-0.05, 0) is 75.0 Å². The molecule has 0 aliphatic heterocycles. The Labute approximate surface area is 122 Å². The van der Waals surface area contributed by atoms with Gasteiger partial charge in [-0.1, -0.05) is 6.92 Å². The van der Waals surface area contributed by atoms with Crippen LogP contribution in [0.3, 0.4) is 0 Å². The van der Waals surface area contributed by atoms with Crippen LogP contribution in [0, 0.1) is 23.2 Å². The van der Waals surface area contributed by atoms with Gasteiger partial charge in [0, 0.05) is 13.0 Å². The maximum Gasteiger partial charge on any atom is 0.220 e. The van der Waals surface area contributed by atoms with Crippen molar-refractivity contribution in [1.82, 2.24) is 5.32 Å². The summed E-state index contributed by atoms with van der Waals surface area (Å²) in [4.78, 5) is 12.3. The van der Waals surface area contributed by atoms with E-state index in [9.17, 15) is 9.90 Å². The van der Waals surface area contributed by atoms with Crippen LogP contribution in [0.2, 0.25) is 0 Å². The number of rotatable bonds is 5. The fraction of sp³-hybridized carbons (Fsp3) is 0.941. The molecule has 0 heterocycles. The van der Waals surface area contributed by atoms with Gasteiger partial charge >= 0.3 is 0 Å². The smallest absolute Gasteiger partial charge is 0.220 e. The molecule has 0 radical (unpaired) electrons. The third-order valence-corrected chi connectivity index (χ3v) is 6.13. The standard InChI is InChI=1S/C17H29NO2/c1-3-16(2,20)11-18-15(19)10-17-7-12-4-13(8-17)6-14(5-12)9-17/h12-14,20H,3-11H2,1-2H3,(H,18,19). The Kier molecular flexibility index (Phi) is 3.60. The van der Waals surface area contributed by atoms with E-state index in [1.54, 1.807) is 6.92 Å². The van der Waals surface area contributed by atoms with E-state index in [0.717, 1.165) is 17.8 Å². The second-order valence-corrected chi connectivity index (χ2v) is 8.22. The van der Waals surface area contributed by atoms with Crippen molar-refractivity contribution in [3.05, 3.63) is 0 Å². The molecule has 20 heavy (non-hydrogen) atoms. The number of hydrogen-bond acceptors (Lipinski definition) is 2. The minimum atomic E-state index is -0.767. The van der Waals surface area contributed by atoms with Gasteiger partial charge in [0.05, 0.1) is 5.60 Å². The lowest BCUT2D eigenvalue weighted by atomic mass is 9.49. The van der Waals surface area contributed by atoms with E-state index in [0.29, 0.717) is 24.8 Å². The van der Waals surface area contributed by atoms with E-state index in [1.165, 1.54) is 38.5 Å². The predicted octanol–water partition coefficient (Wildman–Crippen LogP) is 2.87. The van der Waals surface area contributed by atoms with Gasteiger partial charge in [0.15, 0.2) is 0 Å². The van der Waals surface area contributed by atoms with Crippen LogP contribution in [0.1, 0.15) is 65.2 Å². The monoisotopic (exact) mass is 279 g/mol. The van der Waals surface area contributed by atoms with Crippen LogP contribution >= 0.6 is 0 Å². The summed E-state index contributed by atoms with van der Waals surface area (Å²) in [6.07, 6.45) is 9.45. The molecule has 0 saturated heterocycles. The topological polar surface area (TPSA) is 49.3 Å². The van der Waals surface area contributed by atoms with Gasteiger partial charge in [0.2, 0.25) is 5.91 Å². The normalized spacial score (nSPS) is 41.5. The SMILES string of the molecule is CCC(C)(O)CNC(=O)CC12CC3CC(CC(C3)C1)C2. The molecule has 0 spiro atoms. The summed E-state index contributed by atoms with van der Waals surface area (Å²) < 4.78 is 0. The van der Waals surface area contributed by atoms with Gasteiger partial charge in [-0.15, -0.1) is 0 Å². The Bertz CT molecular complexity index is 353. The highest BCUT2D eigenvalue weighted by atomic mass is 16.3. The van der Waals surface area contributed by atoms with Gasteiger partial charge in [-0.25, -0.2) is 0 Å². The van der Waals surface area contributed by atoms with Crippen molar-refractivity contribution in [3.63, 3.8) is 0 Å². The number of carbonyl (C=O) groups excluding carboxylic acids is 1. The average Bonchev–Trinajstić information content (AvgIpc) is 2.34. The van der Waals surface area contributed by atoms with Crippen LogP contribution in [0.4, 0.5) is 0 Å². The van der Waals surface area contributed by atoms with Crippen LogP contribution in [-0.4, -0.2) is 23.2 Å². The predicted molar refractivity (Wildman–Crippen MR) is 79.1 cm³/mol. The Morgan fingerprint density at radius 2 is 1.70 bits per heavy atom. The van der Waals surface area contributed by atoms with E-state index in [-0.39, 0.29) is 5.91 Å². The molecule has 4 bridgehead atoms. The Morgan fingerprint density at radius 3 is 2.15 bits per heavy atom. The van der Waals surface area contributed by atoms with Crippen LogP contribution in [0.15, 0.2) is 0 Å². The summed E-state index contributed by atoms with van der Waals surface area (Å²) in [7, 11) is 0. The lowest BCUT2D eigenvalue weighted by Gasteiger charge is -2.56. The van der Waals surface area contributed by atoms with E-state index >= 15 is 0 Å². The van der Waals surface area contributed by atoms with Crippen molar-refractivity contribution in [3.8, 4) is 0 Å². The van der Waals surface area contributed by atoms with Crippen molar-refractivity contribution >= 4 is 5.91 Å². The lowest BCUT2D eigenvalue weighted by Crippen LogP contribution is -2.49. The second kappa shape index (κ2) is 5.01. The molecule has 4 fully saturated rings. The van der Waals surface area contributed by atoms with Crippen LogP contribution in [0.5, 0.6) is 0 Å². The zero-order valence-corrected chi connectivity index (χ0v) is 13.0. The molecular weight excluding hydrogens is 250 g/mol. The fourth-order valence-electron chi connectivity index (χ4n) is 5.32. The molecule has 1 unspecified atom stereocenters. The van der Waals surface area contributed by atoms with Crippen LogP contribution in [0.25, 0.3) is 0 Å². The third kappa shape index (κ3) is 2.88. The average molecular weight is 279 g/mol. The van der Waals surface area contributed by atoms with Gasteiger partial charge in [-0.2, -0.15) is 0 Å². The van der Waals surface area contributed by atoms with Gasteiger partial charge in [-0.3, -0.25) is 4.79 Å². The molecule has 0 aromatic rings. The van der Waals surface area contributed by atoms with Gasteiger partial charge in [0.1, 0.15) is 0 Å². The maximum atomic E-state index is 12.3. The number of nitrogens with one attached hydrogen (secondary N) is 1. The maximum absolute atomic E-state index is 12.3. The van der Waals surface area contributed by atoms with Gasteiger partial charge in [0.25, 0.3) is 0 Å². The van der Waals surface area contributed by atoms with Crippen molar-refractivity contribution < 1.29 is 9.90 Å². The molecule has 4 aliphatic rings. The Hall–Kier alpha value is -0.570. The molecule has 1 amide bonds. The molecule has 2 N–H and O–H groups in total. The summed E-state index contributed by atoms with van der Waals surface area (Å²) in [5.74, 6) is 2.84. The molecule has 3 heteroatoms. The molecule has 4 aliphatic carbocycles. The van der Waals surface area contributed by atoms with Crippen molar-refractivity contribution in [2.24, 2.45) is 23.2 Å². The number of hydrogen-bond donors (Lipinski definition) is 2. The number of amides is 1.